The summed E-state index contributed by atoms with van der Waals surface area (Å²) < 4.78 is 33.4. The molecule has 2 aromatic rings. The number of nitrogens with zero attached hydrogens (tertiary/aromatic N) is 2. The van der Waals surface area contributed by atoms with Crippen molar-refractivity contribution in [3.8, 4) is 5.75 Å². The summed E-state index contributed by atoms with van der Waals surface area (Å²) in [5.41, 5.74) is 6.87. The van der Waals surface area contributed by atoms with Gasteiger partial charge in [-0.15, -0.1) is 0 Å². The lowest BCUT2D eigenvalue weighted by Crippen LogP contribution is -2.48. The van der Waals surface area contributed by atoms with Crippen molar-refractivity contribution in [2.45, 2.75) is 0 Å². The molecule has 0 fully saturated rings. The van der Waals surface area contributed by atoms with Crippen molar-refractivity contribution in [2.75, 3.05) is 4.41 Å². The second-order valence-corrected chi connectivity index (χ2v) is 5.31. The summed E-state index contributed by atoms with van der Waals surface area (Å²) in [6, 6.07) is 3.04. The first-order valence-electron chi connectivity index (χ1n) is 5.32. The zero-order chi connectivity index (χ0) is 15.1. The van der Waals surface area contributed by atoms with Gasteiger partial charge in [0.2, 0.25) is 0 Å². The van der Waals surface area contributed by atoms with E-state index < -0.39 is 22.1 Å². The second kappa shape index (κ2) is 4.58. The molecule has 10 heteroatoms. The fourth-order valence-electron chi connectivity index (χ4n) is 1.80. The molecule has 1 heterocycles. The van der Waals surface area contributed by atoms with Crippen LogP contribution in [0.5, 0.6) is 5.75 Å². The maximum Gasteiger partial charge on any atom is 0.378 e. The average Bonchev–Trinajstić information content (AvgIpc) is 2.65. The Bertz CT molecular complexity index is 782. The minimum Gasteiger partial charge on any atom is -0.506 e. The summed E-state index contributed by atoms with van der Waals surface area (Å²) in [6.07, 6.45) is 1.70. The highest BCUT2D eigenvalue weighted by Gasteiger charge is 2.25. The van der Waals surface area contributed by atoms with E-state index in [1.165, 1.54) is 12.1 Å². The number of nitrogens with two attached hydrogens (primary N) is 1. The lowest BCUT2D eigenvalue weighted by atomic mass is 10.2. The van der Waals surface area contributed by atoms with Crippen LogP contribution < -0.4 is 15.6 Å². The molecular weight excluding hydrogens is 288 g/mol. The lowest BCUT2D eigenvalue weighted by molar-refractivity contribution is 0.249. The van der Waals surface area contributed by atoms with Crippen LogP contribution in [-0.2, 0) is 17.4 Å². The third-order valence-electron chi connectivity index (χ3n) is 2.64. The number of hydrazine groups is 1. The SMILES string of the molecule is Cn1ccc2cc(N(NC(N)=O)S(=O)(=O)O)c(O)cc21. The Morgan fingerprint density at radius 3 is 2.65 bits per heavy atom. The highest BCUT2D eigenvalue weighted by Crippen LogP contribution is 2.32. The number of hydrogen-bond donors (Lipinski definition) is 4. The van der Waals surface area contributed by atoms with Crippen LogP contribution in [0.15, 0.2) is 24.4 Å². The van der Waals surface area contributed by atoms with Crippen molar-refractivity contribution in [1.82, 2.24) is 9.99 Å². The Morgan fingerprint density at radius 1 is 1.45 bits per heavy atom. The number of carbonyl (C=O) groups excluding carboxylic acids is 1. The molecule has 0 aliphatic rings. The van der Waals surface area contributed by atoms with E-state index in [2.05, 4.69) is 0 Å². The molecule has 0 atom stereocenters. The van der Waals surface area contributed by atoms with Gasteiger partial charge in [-0.3, -0.25) is 4.55 Å². The number of urea groups is 1. The zero-order valence-corrected chi connectivity index (χ0v) is 11.1. The molecule has 0 bridgehead atoms. The predicted molar refractivity (Wildman–Crippen MR) is 71.3 cm³/mol. The fourth-order valence-corrected chi connectivity index (χ4v) is 2.40. The van der Waals surface area contributed by atoms with Gasteiger partial charge in [0.1, 0.15) is 11.4 Å². The number of carbonyl (C=O) groups is 1. The molecule has 0 spiro atoms. The number of aromatic nitrogens is 1. The van der Waals surface area contributed by atoms with Gasteiger partial charge in [-0.1, -0.05) is 0 Å². The van der Waals surface area contributed by atoms with Crippen LogP contribution in [0.25, 0.3) is 10.9 Å². The van der Waals surface area contributed by atoms with Gasteiger partial charge in [0, 0.05) is 24.7 Å². The quantitative estimate of drug-likeness (QED) is 0.469. The number of hydrogen-bond acceptors (Lipinski definition) is 4. The van der Waals surface area contributed by atoms with Crippen LogP contribution in [0.4, 0.5) is 10.5 Å². The highest BCUT2D eigenvalue weighted by molar-refractivity contribution is 7.87. The second-order valence-electron chi connectivity index (χ2n) is 4.04. The van der Waals surface area contributed by atoms with Gasteiger partial charge in [0.05, 0.1) is 5.52 Å². The number of primary amides is 1. The summed E-state index contributed by atoms with van der Waals surface area (Å²) in [6.45, 7) is 0. The molecule has 20 heavy (non-hydrogen) atoms. The topological polar surface area (TPSA) is 138 Å². The standard InChI is InChI=1S/C10H12N4O5S/c1-13-3-2-6-4-8(9(15)5-7(6)13)14(12-10(11)16)20(17,18)19/h2-5,15H,1H3,(H3,11,12,16)(H,17,18,19). The first kappa shape index (κ1) is 14.0. The van der Waals surface area contributed by atoms with Gasteiger partial charge < -0.3 is 15.4 Å². The Hall–Kier alpha value is -2.46. The first-order valence-corrected chi connectivity index (χ1v) is 6.71. The first-order chi connectivity index (χ1) is 9.20. The molecule has 0 unspecified atom stereocenters. The van der Waals surface area contributed by atoms with Gasteiger partial charge in [0.25, 0.3) is 0 Å². The number of phenolic OH excluding ortho intramolecular Hbond substituents is 1. The van der Waals surface area contributed by atoms with Crippen molar-refractivity contribution >= 4 is 32.9 Å². The van der Waals surface area contributed by atoms with Crippen LogP contribution >= 0.6 is 0 Å². The number of rotatable bonds is 3. The Morgan fingerprint density at radius 2 is 2.10 bits per heavy atom. The van der Waals surface area contributed by atoms with E-state index in [4.69, 9.17) is 10.3 Å². The molecule has 2 amide bonds. The van der Waals surface area contributed by atoms with Gasteiger partial charge in [-0.25, -0.2) is 10.2 Å². The Kier molecular flexibility index (Phi) is 3.19. The summed E-state index contributed by atoms with van der Waals surface area (Å²) >= 11 is 0. The number of phenols is 1. The number of nitrogens with one attached hydrogen (secondary N) is 1. The van der Waals surface area contributed by atoms with Crippen LogP contribution in [0.3, 0.4) is 0 Å². The summed E-state index contributed by atoms with van der Waals surface area (Å²) in [7, 11) is -3.10. The normalized spacial score (nSPS) is 11.5. The average molecular weight is 300 g/mol. The van der Waals surface area contributed by atoms with Gasteiger partial charge >= 0.3 is 16.3 Å². The number of fused-ring (bicyclic) bond motifs is 1. The molecule has 0 saturated heterocycles. The minimum absolute atomic E-state index is 0.0944. The largest absolute Gasteiger partial charge is 0.506 e. The number of aromatic hydroxyl groups is 1. The number of benzene rings is 1. The van der Waals surface area contributed by atoms with E-state index in [0.29, 0.717) is 10.9 Å². The highest BCUT2D eigenvalue weighted by atomic mass is 32.2. The Labute approximate surface area is 114 Å². The molecule has 1 aromatic carbocycles. The van der Waals surface area contributed by atoms with Crippen molar-refractivity contribution in [2.24, 2.45) is 12.8 Å². The van der Waals surface area contributed by atoms with Crippen molar-refractivity contribution in [3.05, 3.63) is 24.4 Å². The van der Waals surface area contributed by atoms with Crippen molar-refractivity contribution in [3.63, 3.8) is 0 Å². The molecule has 108 valence electrons. The Balaban J connectivity index is 2.64. The van der Waals surface area contributed by atoms with E-state index >= 15 is 0 Å². The molecule has 9 nitrogen and oxygen atoms in total. The summed E-state index contributed by atoms with van der Waals surface area (Å²) in [5, 5.41) is 10.5. The predicted octanol–water partition coefficient (Wildman–Crippen LogP) is 0.0764. The summed E-state index contributed by atoms with van der Waals surface area (Å²) in [5.74, 6) is -0.453. The van der Waals surface area contributed by atoms with Gasteiger partial charge in [-0.2, -0.15) is 12.8 Å². The number of anilines is 1. The zero-order valence-electron chi connectivity index (χ0n) is 10.3. The molecule has 2 rings (SSSR count). The van der Waals surface area contributed by atoms with Crippen molar-refractivity contribution < 1.29 is 22.9 Å². The smallest absolute Gasteiger partial charge is 0.378 e. The molecule has 0 aliphatic heterocycles. The van der Waals surface area contributed by atoms with E-state index in [-0.39, 0.29) is 10.1 Å². The van der Waals surface area contributed by atoms with Crippen LogP contribution in [-0.4, -0.2) is 28.7 Å². The number of amides is 2. The fraction of sp³-hybridized carbons (Fsp3) is 0.100. The monoisotopic (exact) mass is 300 g/mol. The molecule has 0 saturated carbocycles. The van der Waals surface area contributed by atoms with E-state index in [1.807, 2.05) is 0 Å². The van der Waals surface area contributed by atoms with Gasteiger partial charge in [-0.05, 0) is 12.1 Å². The third-order valence-corrected chi connectivity index (χ3v) is 3.39. The van der Waals surface area contributed by atoms with Gasteiger partial charge in [0.15, 0.2) is 0 Å². The van der Waals surface area contributed by atoms with Crippen molar-refractivity contribution in [1.29, 1.82) is 0 Å². The molecule has 0 aliphatic carbocycles. The molecule has 0 radical (unpaired) electrons. The molecular formula is C10H12N4O5S. The maximum atomic E-state index is 11.3. The van der Waals surface area contributed by atoms with E-state index in [1.54, 1.807) is 29.3 Å². The molecule has 1 aromatic heterocycles. The van der Waals surface area contributed by atoms with E-state index in [9.17, 15) is 18.3 Å². The number of aryl methyl sites for hydroxylation is 1. The van der Waals surface area contributed by atoms with E-state index in [0.717, 1.165) is 0 Å². The lowest BCUT2D eigenvalue weighted by Gasteiger charge is -2.21. The minimum atomic E-state index is -4.84. The van der Waals surface area contributed by atoms with Crippen LogP contribution in [0, 0.1) is 0 Å². The van der Waals surface area contributed by atoms with Crippen LogP contribution in [0.2, 0.25) is 0 Å². The molecule has 5 N–H and O–H groups in total. The van der Waals surface area contributed by atoms with Crippen LogP contribution in [0.1, 0.15) is 0 Å². The third kappa shape index (κ3) is 2.46. The maximum absolute atomic E-state index is 11.3. The summed E-state index contributed by atoms with van der Waals surface area (Å²) in [4.78, 5) is 10.8.